The Hall–Kier alpha value is -1.39. The summed E-state index contributed by atoms with van der Waals surface area (Å²) in [5.41, 5.74) is 6.78. The highest BCUT2D eigenvalue weighted by molar-refractivity contribution is 5.84. The second kappa shape index (κ2) is 5.09. The van der Waals surface area contributed by atoms with Crippen molar-refractivity contribution < 1.29 is 4.74 Å². The molecule has 16 heavy (non-hydrogen) atoms. The predicted molar refractivity (Wildman–Crippen MR) is 63.5 cm³/mol. The fraction of sp³-hybridized carbons (Fsp3) is 0.417. The van der Waals surface area contributed by atoms with Crippen LogP contribution >= 0.6 is 0 Å². The molecule has 1 aromatic carbocycles. The van der Waals surface area contributed by atoms with Crippen molar-refractivity contribution in [1.29, 1.82) is 5.41 Å². The Bertz CT molecular complexity index is 347. The van der Waals surface area contributed by atoms with Crippen molar-refractivity contribution in [2.24, 2.45) is 5.73 Å². The molecule has 0 bridgehead atoms. The van der Waals surface area contributed by atoms with Crippen LogP contribution in [0.3, 0.4) is 0 Å². The number of benzene rings is 1. The fourth-order valence-corrected chi connectivity index (χ4v) is 2.06. The monoisotopic (exact) mass is 219 g/mol. The van der Waals surface area contributed by atoms with Gasteiger partial charge in [0.2, 0.25) is 0 Å². The molecule has 1 heterocycles. The molecule has 3 N–H and O–H groups in total. The maximum atomic E-state index is 7.72. The molecule has 0 saturated carbocycles. The van der Waals surface area contributed by atoms with Crippen LogP contribution in [-0.2, 0) is 4.74 Å². The summed E-state index contributed by atoms with van der Waals surface area (Å²) in [4.78, 5) is 2.20. The first-order valence-electron chi connectivity index (χ1n) is 5.49. The van der Waals surface area contributed by atoms with Crippen molar-refractivity contribution in [2.75, 3.05) is 26.3 Å². The maximum absolute atomic E-state index is 7.72. The standard InChI is InChI=1S/C12H17N3O/c13-12(14)11(10-4-2-1-3-5-10)15-6-8-16-9-7-15/h1-5,11H,6-9H2,(H3,13,14)/t11-/m0/s1. The van der Waals surface area contributed by atoms with E-state index in [1.165, 1.54) is 0 Å². The van der Waals surface area contributed by atoms with E-state index in [2.05, 4.69) is 4.90 Å². The lowest BCUT2D eigenvalue weighted by atomic mass is 10.0. The lowest BCUT2D eigenvalue weighted by Crippen LogP contribution is -2.44. The summed E-state index contributed by atoms with van der Waals surface area (Å²) in [6.45, 7) is 3.10. The smallest absolute Gasteiger partial charge is 0.113 e. The zero-order chi connectivity index (χ0) is 11.4. The molecule has 0 spiro atoms. The van der Waals surface area contributed by atoms with Crippen molar-refractivity contribution >= 4 is 5.84 Å². The van der Waals surface area contributed by atoms with Gasteiger partial charge in [-0.05, 0) is 5.56 Å². The van der Waals surface area contributed by atoms with Crippen molar-refractivity contribution in [3.8, 4) is 0 Å². The topological polar surface area (TPSA) is 62.3 Å². The Labute approximate surface area is 95.5 Å². The third kappa shape index (κ3) is 2.40. The number of hydrogen-bond donors (Lipinski definition) is 2. The maximum Gasteiger partial charge on any atom is 0.113 e. The average Bonchev–Trinajstić information content (AvgIpc) is 2.31. The molecule has 86 valence electrons. The Morgan fingerprint density at radius 3 is 2.44 bits per heavy atom. The van der Waals surface area contributed by atoms with E-state index in [0.717, 1.165) is 31.9 Å². The van der Waals surface area contributed by atoms with E-state index in [-0.39, 0.29) is 11.9 Å². The van der Waals surface area contributed by atoms with Crippen LogP contribution in [0.5, 0.6) is 0 Å². The van der Waals surface area contributed by atoms with Crippen LogP contribution in [0.15, 0.2) is 30.3 Å². The van der Waals surface area contributed by atoms with Gasteiger partial charge in [-0.15, -0.1) is 0 Å². The Morgan fingerprint density at radius 2 is 1.88 bits per heavy atom. The van der Waals surface area contributed by atoms with Crippen LogP contribution < -0.4 is 5.73 Å². The van der Waals surface area contributed by atoms with Crippen molar-refractivity contribution in [3.05, 3.63) is 35.9 Å². The Morgan fingerprint density at radius 1 is 1.25 bits per heavy atom. The number of amidine groups is 1. The number of rotatable bonds is 3. The van der Waals surface area contributed by atoms with Gasteiger partial charge < -0.3 is 10.5 Å². The first-order chi connectivity index (χ1) is 7.79. The molecule has 1 atom stereocenters. The van der Waals surface area contributed by atoms with Gasteiger partial charge in [-0.3, -0.25) is 10.3 Å². The lowest BCUT2D eigenvalue weighted by Gasteiger charge is -2.33. The molecule has 0 radical (unpaired) electrons. The van der Waals surface area contributed by atoms with Crippen LogP contribution in [0.2, 0.25) is 0 Å². The predicted octanol–water partition coefficient (Wildman–Crippen LogP) is 0.996. The fourth-order valence-electron chi connectivity index (χ4n) is 2.06. The molecule has 0 unspecified atom stereocenters. The highest BCUT2D eigenvalue weighted by atomic mass is 16.5. The summed E-state index contributed by atoms with van der Waals surface area (Å²) in [7, 11) is 0. The zero-order valence-corrected chi connectivity index (χ0v) is 9.23. The molecule has 1 aromatic rings. The molecule has 0 aromatic heterocycles. The molecular formula is C12H17N3O. The van der Waals surface area contributed by atoms with Crippen LogP contribution in [0.4, 0.5) is 0 Å². The molecule has 1 saturated heterocycles. The van der Waals surface area contributed by atoms with Crippen molar-refractivity contribution in [2.45, 2.75) is 6.04 Å². The molecule has 0 amide bonds. The van der Waals surface area contributed by atoms with Gasteiger partial charge in [0.25, 0.3) is 0 Å². The highest BCUT2D eigenvalue weighted by Gasteiger charge is 2.24. The molecule has 1 fully saturated rings. The van der Waals surface area contributed by atoms with Gasteiger partial charge in [-0.2, -0.15) is 0 Å². The number of nitrogens with two attached hydrogens (primary N) is 1. The zero-order valence-electron chi connectivity index (χ0n) is 9.23. The van der Waals surface area contributed by atoms with E-state index in [1.54, 1.807) is 0 Å². The number of ether oxygens (including phenoxy) is 1. The Balaban J connectivity index is 2.20. The molecule has 1 aliphatic heterocycles. The molecular weight excluding hydrogens is 202 g/mol. The van der Waals surface area contributed by atoms with Gasteiger partial charge >= 0.3 is 0 Å². The van der Waals surface area contributed by atoms with Gasteiger partial charge in [0.1, 0.15) is 5.84 Å². The molecule has 4 nitrogen and oxygen atoms in total. The van der Waals surface area contributed by atoms with Crippen LogP contribution in [0, 0.1) is 5.41 Å². The second-order valence-corrected chi connectivity index (χ2v) is 3.92. The molecule has 0 aliphatic carbocycles. The van der Waals surface area contributed by atoms with Gasteiger partial charge in [0.05, 0.1) is 19.3 Å². The molecule has 1 aliphatic rings. The SMILES string of the molecule is N=C(N)[C@H](c1ccccc1)N1CCOCC1. The highest BCUT2D eigenvalue weighted by Crippen LogP contribution is 2.21. The minimum atomic E-state index is -0.106. The van der Waals surface area contributed by atoms with Gasteiger partial charge in [0, 0.05) is 13.1 Å². The van der Waals surface area contributed by atoms with Crippen molar-refractivity contribution in [1.82, 2.24) is 4.90 Å². The minimum absolute atomic E-state index is 0.106. The summed E-state index contributed by atoms with van der Waals surface area (Å²) in [5.74, 6) is 0.202. The minimum Gasteiger partial charge on any atom is -0.386 e. The molecule has 4 heteroatoms. The van der Waals surface area contributed by atoms with Crippen LogP contribution in [-0.4, -0.2) is 37.0 Å². The van der Waals surface area contributed by atoms with E-state index >= 15 is 0 Å². The molecule has 2 rings (SSSR count). The average molecular weight is 219 g/mol. The summed E-state index contributed by atoms with van der Waals surface area (Å²) < 4.78 is 5.31. The largest absolute Gasteiger partial charge is 0.386 e. The van der Waals surface area contributed by atoms with E-state index in [9.17, 15) is 0 Å². The van der Waals surface area contributed by atoms with Gasteiger partial charge in [0.15, 0.2) is 0 Å². The summed E-state index contributed by atoms with van der Waals surface area (Å²) in [6.07, 6.45) is 0. The second-order valence-electron chi connectivity index (χ2n) is 3.92. The summed E-state index contributed by atoms with van der Waals surface area (Å²) in [6, 6.07) is 9.85. The van der Waals surface area contributed by atoms with Crippen molar-refractivity contribution in [3.63, 3.8) is 0 Å². The quantitative estimate of drug-likeness (QED) is 0.589. The number of morpholine rings is 1. The van der Waals surface area contributed by atoms with Gasteiger partial charge in [-0.1, -0.05) is 30.3 Å². The number of nitrogens with zero attached hydrogens (tertiary/aromatic N) is 1. The third-order valence-corrected chi connectivity index (χ3v) is 2.82. The normalized spacial score (nSPS) is 19.2. The van der Waals surface area contributed by atoms with E-state index in [4.69, 9.17) is 15.9 Å². The van der Waals surface area contributed by atoms with Crippen LogP contribution in [0.1, 0.15) is 11.6 Å². The first-order valence-corrected chi connectivity index (χ1v) is 5.49. The third-order valence-electron chi connectivity index (χ3n) is 2.82. The van der Waals surface area contributed by atoms with Gasteiger partial charge in [-0.25, -0.2) is 0 Å². The first kappa shape index (κ1) is 11.1. The number of hydrogen-bond acceptors (Lipinski definition) is 3. The Kier molecular flexibility index (Phi) is 3.54. The van der Waals surface area contributed by atoms with Crippen LogP contribution in [0.25, 0.3) is 0 Å². The number of nitrogens with one attached hydrogen (secondary N) is 1. The lowest BCUT2D eigenvalue weighted by molar-refractivity contribution is 0.0284. The summed E-state index contributed by atoms with van der Waals surface area (Å²) >= 11 is 0. The van der Waals surface area contributed by atoms with E-state index in [0.29, 0.717) is 0 Å². The van der Waals surface area contributed by atoms with E-state index < -0.39 is 0 Å². The summed E-state index contributed by atoms with van der Waals surface area (Å²) in [5, 5.41) is 7.72. The van der Waals surface area contributed by atoms with E-state index in [1.807, 2.05) is 30.3 Å².